The lowest BCUT2D eigenvalue weighted by Gasteiger charge is -2.30. The number of nitrogens with one attached hydrogen (secondary N) is 1. The van der Waals surface area contributed by atoms with Crippen molar-refractivity contribution in [1.82, 2.24) is 5.32 Å². The zero-order valence-electron chi connectivity index (χ0n) is 20.0. The number of carbonyl (C=O) groups is 2. The van der Waals surface area contributed by atoms with E-state index < -0.39 is 7.12 Å². The predicted molar refractivity (Wildman–Crippen MR) is 134 cm³/mol. The minimum atomic E-state index is -1.06. The fourth-order valence-electron chi connectivity index (χ4n) is 5.39. The molecule has 1 aliphatic carbocycles. The van der Waals surface area contributed by atoms with Gasteiger partial charge in [-0.2, -0.15) is 0 Å². The number of Topliss-reactive ketones (excluding diaryl/α,β-unsaturated/α-hetero) is 2. The highest BCUT2D eigenvalue weighted by Gasteiger charge is 2.37. The van der Waals surface area contributed by atoms with Gasteiger partial charge in [0.15, 0.2) is 5.78 Å². The van der Waals surface area contributed by atoms with Crippen molar-refractivity contribution in [3.8, 4) is 5.75 Å². The van der Waals surface area contributed by atoms with Crippen LogP contribution in [-0.4, -0.2) is 29.8 Å². The third-order valence-corrected chi connectivity index (χ3v) is 7.37. The van der Waals surface area contributed by atoms with Crippen molar-refractivity contribution in [2.75, 3.05) is 0 Å². The van der Waals surface area contributed by atoms with E-state index >= 15 is 0 Å². The van der Waals surface area contributed by atoms with Crippen molar-refractivity contribution < 1.29 is 19.3 Å². The van der Waals surface area contributed by atoms with Crippen LogP contribution in [0.5, 0.6) is 5.75 Å². The minimum absolute atomic E-state index is 0.0905. The van der Waals surface area contributed by atoms with E-state index in [-0.39, 0.29) is 17.4 Å². The Morgan fingerprint density at radius 3 is 2.50 bits per heavy atom. The number of fused-ring (bicyclic) bond motifs is 1. The lowest BCUT2D eigenvalue weighted by Crippen LogP contribution is -2.36. The zero-order chi connectivity index (χ0) is 24.1. The highest BCUT2D eigenvalue weighted by atomic mass is 16.5. The van der Waals surface area contributed by atoms with Gasteiger partial charge in [0.05, 0.1) is 5.56 Å². The standard InChI is InChI=1S/C27H35BN2O4/c1-18(31)26-8-4-7-20-14-23(28(33)34-27(20)26)15-25(32)13-19-9-11-24(12-10-19)30-17-22-6-3-2-5-21(22)16-29/h2-8,19,23-24,30,33H,9-17,29H2,1H3/t19?,23-,24?/m1/s1. The van der Waals surface area contributed by atoms with Crippen LogP contribution in [0.15, 0.2) is 42.5 Å². The number of carbonyl (C=O) groups excluding carboxylic acids is 2. The number of benzene rings is 2. The smallest absolute Gasteiger partial charge is 0.526 e. The highest BCUT2D eigenvalue weighted by Crippen LogP contribution is 2.37. The van der Waals surface area contributed by atoms with Crippen LogP contribution >= 0.6 is 0 Å². The largest absolute Gasteiger partial charge is 0.535 e. The number of para-hydroxylation sites is 1. The molecule has 4 rings (SSSR count). The lowest BCUT2D eigenvalue weighted by atomic mass is 9.64. The van der Waals surface area contributed by atoms with E-state index in [1.165, 1.54) is 18.1 Å². The lowest BCUT2D eigenvalue weighted by molar-refractivity contribution is -0.120. The number of nitrogens with two attached hydrogens (primary N) is 1. The Hall–Kier alpha value is -2.48. The Bertz CT molecular complexity index is 1020. The first-order valence-electron chi connectivity index (χ1n) is 12.4. The molecule has 0 aromatic heterocycles. The molecule has 1 fully saturated rings. The molecule has 7 heteroatoms. The van der Waals surface area contributed by atoms with Crippen LogP contribution < -0.4 is 15.7 Å². The predicted octanol–water partition coefficient (Wildman–Crippen LogP) is 3.83. The first-order valence-corrected chi connectivity index (χ1v) is 12.4. The van der Waals surface area contributed by atoms with Gasteiger partial charge in [-0.15, -0.1) is 0 Å². The zero-order valence-corrected chi connectivity index (χ0v) is 20.0. The van der Waals surface area contributed by atoms with E-state index in [2.05, 4.69) is 17.4 Å². The van der Waals surface area contributed by atoms with Gasteiger partial charge in [0.1, 0.15) is 11.5 Å². The maximum absolute atomic E-state index is 12.8. The molecule has 34 heavy (non-hydrogen) atoms. The van der Waals surface area contributed by atoms with Crippen LogP contribution in [-0.2, 0) is 24.3 Å². The van der Waals surface area contributed by atoms with Gasteiger partial charge in [-0.25, -0.2) is 0 Å². The normalized spacial score (nSPS) is 22.1. The van der Waals surface area contributed by atoms with Gasteiger partial charge in [-0.1, -0.05) is 36.4 Å². The van der Waals surface area contributed by atoms with Crippen LogP contribution in [0.1, 0.15) is 72.5 Å². The van der Waals surface area contributed by atoms with E-state index in [9.17, 15) is 14.6 Å². The second-order valence-corrected chi connectivity index (χ2v) is 9.84. The van der Waals surface area contributed by atoms with Crippen molar-refractivity contribution >= 4 is 18.7 Å². The highest BCUT2D eigenvalue weighted by molar-refractivity contribution is 6.47. The second-order valence-electron chi connectivity index (χ2n) is 9.84. The number of ketones is 2. The molecule has 1 aliphatic heterocycles. The first-order chi connectivity index (χ1) is 16.4. The molecule has 0 spiro atoms. The first kappa shape index (κ1) is 24.6. The summed E-state index contributed by atoms with van der Waals surface area (Å²) in [6, 6.07) is 14.2. The van der Waals surface area contributed by atoms with Gasteiger partial charge in [-0.3, -0.25) is 9.59 Å². The van der Waals surface area contributed by atoms with E-state index in [4.69, 9.17) is 10.4 Å². The summed E-state index contributed by atoms with van der Waals surface area (Å²) in [6.45, 7) is 2.87. The average Bonchev–Trinajstić information content (AvgIpc) is 2.83. The van der Waals surface area contributed by atoms with Gasteiger partial charge in [-0.05, 0) is 67.7 Å². The Morgan fingerprint density at radius 1 is 1.06 bits per heavy atom. The SMILES string of the molecule is CC(=O)c1cccc2c1OB(O)[C@@H](CC(=O)CC1CCC(NCc3ccccc3CN)CC1)C2. The molecule has 2 aromatic rings. The van der Waals surface area contributed by atoms with Crippen molar-refractivity contribution in [1.29, 1.82) is 0 Å². The molecule has 1 saturated carbocycles. The molecule has 180 valence electrons. The summed E-state index contributed by atoms with van der Waals surface area (Å²) in [7, 11) is -1.06. The Kier molecular flexibility index (Phi) is 8.19. The summed E-state index contributed by atoms with van der Waals surface area (Å²) >= 11 is 0. The third-order valence-electron chi connectivity index (χ3n) is 7.37. The van der Waals surface area contributed by atoms with E-state index in [1.807, 2.05) is 24.3 Å². The van der Waals surface area contributed by atoms with E-state index in [1.54, 1.807) is 6.07 Å². The van der Waals surface area contributed by atoms with E-state index in [0.29, 0.717) is 49.1 Å². The summed E-state index contributed by atoms with van der Waals surface area (Å²) < 4.78 is 5.69. The minimum Gasteiger partial charge on any atom is -0.535 e. The second kappa shape index (κ2) is 11.3. The molecule has 2 aromatic carbocycles. The Morgan fingerprint density at radius 2 is 1.79 bits per heavy atom. The van der Waals surface area contributed by atoms with Crippen LogP contribution in [0.3, 0.4) is 0 Å². The van der Waals surface area contributed by atoms with Crippen molar-refractivity contribution in [2.24, 2.45) is 11.7 Å². The molecule has 2 aliphatic rings. The fraction of sp³-hybridized carbons (Fsp3) is 0.481. The van der Waals surface area contributed by atoms with Crippen LogP contribution in [0.25, 0.3) is 0 Å². The molecule has 0 amide bonds. The van der Waals surface area contributed by atoms with Crippen molar-refractivity contribution in [3.05, 3.63) is 64.7 Å². The van der Waals surface area contributed by atoms with Gasteiger partial charge < -0.3 is 20.7 Å². The van der Waals surface area contributed by atoms with Gasteiger partial charge >= 0.3 is 7.12 Å². The van der Waals surface area contributed by atoms with Gasteiger partial charge in [0.2, 0.25) is 0 Å². The maximum atomic E-state index is 12.8. The molecule has 4 N–H and O–H groups in total. The number of hydrogen-bond donors (Lipinski definition) is 3. The van der Waals surface area contributed by atoms with Crippen molar-refractivity contribution in [2.45, 2.75) is 76.8 Å². The molecule has 0 radical (unpaired) electrons. The average molecular weight is 462 g/mol. The van der Waals surface area contributed by atoms with Crippen molar-refractivity contribution in [3.63, 3.8) is 0 Å². The van der Waals surface area contributed by atoms with Gasteiger partial charge in [0.25, 0.3) is 0 Å². The van der Waals surface area contributed by atoms with Gasteiger partial charge in [0, 0.05) is 37.8 Å². The molecule has 1 heterocycles. The molecule has 6 nitrogen and oxygen atoms in total. The topological polar surface area (TPSA) is 102 Å². The summed E-state index contributed by atoms with van der Waals surface area (Å²) in [6.07, 6.45) is 5.63. The Labute approximate surface area is 202 Å². The number of hydrogen-bond acceptors (Lipinski definition) is 6. The monoisotopic (exact) mass is 462 g/mol. The van der Waals surface area contributed by atoms with Crippen LogP contribution in [0, 0.1) is 5.92 Å². The fourth-order valence-corrected chi connectivity index (χ4v) is 5.39. The summed E-state index contributed by atoms with van der Waals surface area (Å²) in [5, 5.41) is 14.2. The maximum Gasteiger partial charge on any atom is 0.526 e. The molecule has 0 bridgehead atoms. The quantitative estimate of drug-likeness (QED) is 0.387. The molecular formula is C27H35BN2O4. The molecule has 1 atom stereocenters. The van der Waals surface area contributed by atoms with E-state index in [0.717, 1.165) is 37.8 Å². The van der Waals surface area contributed by atoms with Crippen LogP contribution in [0.2, 0.25) is 5.82 Å². The third kappa shape index (κ3) is 5.95. The number of rotatable bonds is 9. The summed E-state index contributed by atoms with van der Waals surface area (Å²) in [5.74, 6) is 0.688. The molecule has 0 unspecified atom stereocenters. The molecule has 0 saturated heterocycles. The summed E-state index contributed by atoms with van der Waals surface area (Å²) in [4.78, 5) is 24.7. The van der Waals surface area contributed by atoms with Crippen LogP contribution in [0.4, 0.5) is 0 Å². The Balaban J connectivity index is 1.23. The summed E-state index contributed by atoms with van der Waals surface area (Å²) in [5.41, 5.74) is 9.66. The molecular weight excluding hydrogens is 427 g/mol.